The molecule has 0 amide bonds. The molecule has 0 unspecified atom stereocenters. The summed E-state index contributed by atoms with van der Waals surface area (Å²) in [6.45, 7) is 3.18. The Morgan fingerprint density at radius 2 is 1.71 bits per heavy atom. The van der Waals surface area contributed by atoms with Gasteiger partial charge in [0, 0.05) is 11.6 Å². The first kappa shape index (κ1) is 20.1. The zero-order chi connectivity index (χ0) is 20.9. The van der Waals surface area contributed by atoms with Gasteiger partial charge in [-0.1, -0.05) is 12.1 Å². The van der Waals surface area contributed by atoms with Crippen molar-refractivity contribution in [2.45, 2.75) is 25.7 Å². The van der Waals surface area contributed by atoms with E-state index >= 15 is 0 Å². The number of nitrogens with zero attached hydrogens (tertiary/aromatic N) is 1. The highest BCUT2D eigenvalue weighted by molar-refractivity contribution is 7.92. The van der Waals surface area contributed by atoms with Crippen LogP contribution in [0.1, 0.15) is 30.5 Å². The molecule has 0 bridgehead atoms. The van der Waals surface area contributed by atoms with Gasteiger partial charge >= 0.3 is 6.18 Å². The van der Waals surface area contributed by atoms with Crippen LogP contribution in [0.2, 0.25) is 0 Å². The van der Waals surface area contributed by atoms with E-state index in [1.165, 1.54) is 18.2 Å². The molecule has 0 radical (unpaired) electrons. The predicted molar refractivity (Wildman–Crippen MR) is 96.7 cm³/mol. The summed E-state index contributed by atoms with van der Waals surface area (Å²) in [5, 5.41) is 0. The minimum Gasteiger partial charge on any atom is -0.466 e. The number of nitrogens with one attached hydrogen (secondary N) is 1. The number of alkyl halides is 3. The summed E-state index contributed by atoms with van der Waals surface area (Å²) in [6, 6.07) is 6.44. The molecule has 150 valence electrons. The molecule has 1 heterocycles. The third kappa shape index (κ3) is 4.27. The Kier molecular flexibility index (Phi) is 4.65. The molecule has 5 nitrogen and oxygen atoms in total. The molecule has 2 aromatic rings. The maximum absolute atomic E-state index is 14.8. The maximum Gasteiger partial charge on any atom is 0.416 e. The van der Waals surface area contributed by atoms with Crippen molar-refractivity contribution in [2.75, 3.05) is 11.0 Å². The lowest BCUT2D eigenvalue weighted by Gasteiger charge is -2.31. The topological polar surface area (TPSA) is 67.8 Å². The second-order valence-electron chi connectivity index (χ2n) is 6.79. The Labute approximate surface area is 159 Å². The molecule has 1 aliphatic rings. The van der Waals surface area contributed by atoms with Crippen molar-refractivity contribution >= 4 is 21.4 Å². The number of rotatable bonds is 3. The van der Waals surface area contributed by atoms with Gasteiger partial charge in [-0.3, -0.25) is 4.72 Å². The van der Waals surface area contributed by atoms with Gasteiger partial charge < -0.3 is 4.74 Å². The van der Waals surface area contributed by atoms with Gasteiger partial charge in [-0.15, -0.1) is 0 Å². The number of aliphatic imine (C=N–C) groups is 1. The summed E-state index contributed by atoms with van der Waals surface area (Å²) < 4.78 is 83.8. The quantitative estimate of drug-likeness (QED) is 0.764. The zero-order valence-corrected chi connectivity index (χ0v) is 15.9. The number of anilines is 1. The standard InChI is InChI=1S/C18H16F4N2O3S/c1-17(2)23-16(10-4-6-11(7-5-10)18(20,21)22)15-13(19)8-12(9-14(15)27-17)24-28(3,25)26/h4-9,24H,1-3H3. The monoisotopic (exact) mass is 416 g/mol. The Bertz CT molecular complexity index is 1060. The van der Waals surface area contributed by atoms with E-state index in [9.17, 15) is 26.0 Å². The fourth-order valence-corrected chi connectivity index (χ4v) is 3.35. The Balaban J connectivity index is 2.12. The number of sulfonamides is 1. The van der Waals surface area contributed by atoms with Gasteiger partial charge in [0.1, 0.15) is 11.6 Å². The molecule has 0 spiro atoms. The molecule has 10 heteroatoms. The Morgan fingerprint density at radius 1 is 1.11 bits per heavy atom. The van der Waals surface area contributed by atoms with Crippen LogP contribution >= 0.6 is 0 Å². The van der Waals surface area contributed by atoms with Gasteiger partial charge in [-0.05, 0) is 32.0 Å². The predicted octanol–water partition coefficient (Wildman–Crippen LogP) is 4.18. The highest BCUT2D eigenvalue weighted by Crippen LogP contribution is 2.37. The lowest BCUT2D eigenvalue weighted by molar-refractivity contribution is -0.137. The molecular formula is C18H16F4N2O3S. The SMILES string of the molecule is CC1(C)N=C(c2ccc(C(F)(F)F)cc2)c2c(F)cc(NS(C)(=O)=O)cc2O1. The summed E-state index contributed by atoms with van der Waals surface area (Å²) in [6.07, 6.45) is -3.57. The van der Waals surface area contributed by atoms with Crippen LogP contribution in [0.4, 0.5) is 23.2 Å². The fraction of sp³-hybridized carbons (Fsp3) is 0.278. The number of hydrogen-bond donors (Lipinski definition) is 1. The van der Waals surface area contributed by atoms with Crippen LogP contribution < -0.4 is 9.46 Å². The van der Waals surface area contributed by atoms with Gasteiger partial charge in [0.2, 0.25) is 10.0 Å². The van der Waals surface area contributed by atoms with E-state index in [2.05, 4.69) is 9.71 Å². The van der Waals surface area contributed by atoms with Gasteiger partial charge in [-0.25, -0.2) is 17.8 Å². The fourth-order valence-electron chi connectivity index (χ4n) is 2.81. The van der Waals surface area contributed by atoms with E-state index in [4.69, 9.17) is 4.74 Å². The summed E-state index contributed by atoms with van der Waals surface area (Å²) in [5.74, 6) is -0.793. The Hall–Kier alpha value is -2.62. The van der Waals surface area contributed by atoms with Crippen molar-refractivity contribution in [2.24, 2.45) is 4.99 Å². The molecule has 0 atom stereocenters. The molecule has 0 aromatic heterocycles. The molecule has 0 aliphatic carbocycles. The van der Waals surface area contributed by atoms with Crippen LogP contribution in [0.5, 0.6) is 5.75 Å². The van der Waals surface area contributed by atoms with Crippen LogP contribution in [0.25, 0.3) is 0 Å². The first-order chi connectivity index (χ1) is 12.8. The third-order valence-corrected chi connectivity index (χ3v) is 4.43. The highest BCUT2D eigenvalue weighted by atomic mass is 32.2. The zero-order valence-electron chi connectivity index (χ0n) is 15.1. The molecule has 28 heavy (non-hydrogen) atoms. The normalized spacial score (nSPS) is 16.0. The molecule has 2 aromatic carbocycles. The summed E-state index contributed by atoms with van der Waals surface area (Å²) >= 11 is 0. The number of halogens is 4. The van der Waals surface area contributed by atoms with E-state index in [1.54, 1.807) is 13.8 Å². The molecule has 1 aliphatic heterocycles. The molecule has 3 rings (SSSR count). The van der Waals surface area contributed by atoms with Crippen molar-refractivity contribution < 1.29 is 30.7 Å². The van der Waals surface area contributed by atoms with E-state index in [0.29, 0.717) is 0 Å². The van der Waals surface area contributed by atoms with Gasteiger partial charge in [-0.2, -0.15) is 13.2 Å². The molecule has 1 N–H and O–H groups in total. The van der Waals surface area contributed by atoms with Crippen molar-refractivity contribution in [3.8, 4) is 5.75 Å². The number of benzene rings is 2. The number of fused-ring (bicyclic) bond motifs is 1. The minimum absolute atomic E-state index is 0.0287. The van der Waals surface area contributed by atoms with E-state index in [-0.39, 0.29) is 28.3 Å². The smallest absolute Gasteiger partial charge is 0.416 e. The van der Waals surface area contributed by atoms with Crippen LogP contribution in [-0.4, -0.2) is 26.1 Å². The van der Waals surface area contributed by atoms with Crippen molar-refractivity contribution in [1.82, 2.24) is 0 Å². The van der Waals surface area contributed by atoms with Crippen molar-refractivity contribution in [3.63, 3.8) is 0 Å². The van der Waals surface area contributed by atoms with E-state index in [0.717, 1.165) is 24.5 Å². The van der Waals surface area contributed by atoms with Crippen LogP contribution in [0.15, 0.2) is 41.4 Å². The second-order valence-corrected chi connectivity index (χ2v) is 8.54. The lowest BCUT2D eigenvalue weighted by atomic mass is 9.97. The summed E-state index contributed by atoms with van der Waals surface area (Å²) in [5.41, 5.74) is -1.68. The average Bonchev–Trinajstić information content (AvgIpc) is 2.50. The Morgan fingerprint density at radius 3 is 2.25 bits per heavy atom. The van der Waals surface area contributed by atoms with Crippen molar-refractivity contribution in [1.29, 1.82) is 0 Å². The first-order valence-electron chi connectivity index (χ1n) is 8.03. The van der Waals surface area contributed by atoms with Crippen molar-refractivity contribution in [3.05, 3.63) is 58.9 Å². The number of hydrogen-bond acceptors (Lipinski definition) is 4. The first-order valence-corrected chi connectivity index (χ1v) is 9.92. The van der Waals surface area contributed by atoms with Crippen LogP contribution in [0, 0.1) is 5.82 Å². The van der Waals surface area contributed by atoms with Crippen LogP contribution in [-0.2, 0) is 16.2 Å². The summed E-state index contributed by atoms with van der Waals surface area (Å²) in [4.78, 5) is 4.32. The largest absolute Gasteiger partial charge is 0.466 e. The molecule has 0 saturated carbocycles. The van der Waals surface area contributed by atoms with Gasteiger partial charge in [0.05, 0.1) is 28.8 Å². The lowest BCUT2D eigenvalue weighted by Crippen LogP contribution is -2.33. The maximum atomic E-state index is 14.8. The molecule has 0 saturated heterocycles. The third-order valence-electron chi connectivity index (χ3n) is 3.82. The molecular weight excluding hydrogens is 400 g/mol. The average molecular weight is 416 g/mol. The van der Waals surface area contributed by atoms with Gasteiger partial charge in [0.25, 0.3) is 0 Å². The molecule has 0 fully saturated rings. The van der Waals surface area contributed by atoms with E-state index in [1.807, 2.05) is 0 Å². The second kappa shape index (κ2) is 6.47. The highest BCUT2D eigenvalue weighted by Gasteiger charge is 2.33. The minimum atomic E-state index is -4.50. The van der Waals surface area contributed by atoms with Crippen LogP contribution in [0.3, 0.4) is 0 Å². The van der Waals surface area contributed by atoms with E-state index < -0.39 is 33.3 Å². The number of ether oxygens (including phenoxy) is 1. The van der Waals surface area contributed by atoms with Gasteiger partial charge in [0.15, 0.2) is 5.72 Å². The summed E-state index contributed by atoms with van der Waals surface area (Å²) in [7, 11) is -3.64.